The van der Waals surface area contributed by atoms with Crippen LogP contribution in [0, 0.1) is 0 Å². The molecule has 0 aliphatic carbocycles. The molecular weight excluding hydrogens is 246 g/mol. The van der Waals surface area contributed by atoms with Crippen LogP contribution in [-0.2, 0) is 16.0 Å². The van der Waals surface area contributed by atoms with Gasteiger partial charge >= 0.3 is 0 Å². The zero-order valence-electron chi connectivity index (χ0n) is 10.4. The summed E-state index contributed by atoms with van der Waals surface area (Å²) in [5.74, 6) is -0.188. The smallest absolute Gasteiger partial charge is 0.265 e. The van der Waals surface area contributed by atoms with Crippen LogP contribution in [0.15, 0.2) is 18.2 Å². The summed E-state index contributed by atoms with van der Waals surface area (Å²) in [6, 6.07) is 5.28. The number of ether oxygens (including phenoxy) is 1. The Kier molecular flexibility index (Phi) is 3.18. The number of benzene rings is 1. The molecule has 1 fully saturated rings. The van der Waals surface area contributed by atoms with Gasteiger partial charge in [-0.3, -0.25) is 15.0 Å². The summed E-state index contributed by atoms with van der Waals surface area (Å²) < 4.78 is 5.22. The van der Waals surface area contributed by atoms with E-state index in [0.29, 0.717) is 38.3 Å². The van der Waals surface area contributed by atoms with Gasteiger partial charge in [0.15, 0.2) is 0 Å². The summed E-state index contributed by atoms with van der Waals surface area (Å²) in [7, 11) is 0. The Morgan fingerprint density at radius 3 is 2.89 bits per heavy atom. The molecule has 0 aromatic heterocycles. The van der Waals surface area contributed by atoms with Gasteiger partial charge in [-0.15, -0.1) is 0 Å². The van der Waals surface area contributed by atoms with E-state index in [-0.39, 0.29) is 11.8 Å². The molecule has 2 N–H and O–H groups in total. The average molecular weight is 261 g/mol. The molecule has 2 heterocycles. The molecule has 0 atom stereocenters. The molecule has 19 heavy (non-hydrogen) atoms. The summed E-state index contributed by atoms with van der Waals surface area (Å²) in [5.41, 5.74) is 5.06. The van der Waals surface area contributed by atoms with Crippen molar-refractivity contribution >= 4 is 17.5 Å². The Labute approximate surface area is 110 Å². The topological polar surface area (TPSA) is 70.7 Å². The lowest BCUT2D eigenvalue weighted by Gasteiger charge is -2.26. The molecule has 1 saturated heterocycles. The monoisotopic (exact) mass is 261 g/mol. The minimum absolute atomic E-state index is 0.0271. The highest BCUT2D eigenvalue weighted by molar-refractivity contribution is 6.02. The van der Waals surface area contributed by atoms with Crippen molar-refractivity contribution in [3.63, 3.8) is 0 Å². The van der Waals surface area contributed by atoms with Gasteiger partial charge in [-0.25, -0.2) is 5.01 Å². The highest BCUT2D eigenvalue weighted by Crippen LogP contribution is 2.23. The van der Waals surface area contributed by atoms with Crippen LogP contribution in [0.25, 0.3) is 0 Å². The van der Waals surface area contributed by atoms with Crippen LogP contribution in [0.1, 0.15) is 15.9 Å². The van der Waals surface area contributed by atoms with Gasteiger partial charge in [-0.05, 0) is 17.7 Å². The van der Waals surface area contributed by atoms with Crippen molar-refractivity contribution in [3.8, 4) is 0 Å². The van der Waals surface area contributed by atoms with Gasteiger partial charge in [0.05, 0.1) is 19.6 Å². The summed E-state index contributed by atoms with van der Waals surface area (Å²) >= 11 is 0. The van der Waals surface area contributed by atoms with Crippen LogP contribution < -0.4 is 10.7 Å². The summed E-state index contributed by atoms with van der Waals surface area (Å²) in [5, 5.41) is 4.59. The molecule has 0 radical (unpaired) electrons. The van der Waals surface area contributed by atoms with E-state index < -0.39 is 0 Å². The average Bonchev–Trinajstić information content (AvgIpc) is 2.78. The van der Waals surface area contributed by atoms with Crippen LogP contribution >= 0.6 is 0 Å². The number of carbonyl (C=O) groups excluding carboxylic acids is 2. The van der Waals surface area contributed by atoms with Crippen LogP contribution in [0.2, 0.25) is 0 Å². The summed E-state index contributed by atoms with van der Waals surface area (Å²) in [4.78, 5) is 23.4. The van der Waals surface area contributed by atoms with Gasteiger partial charge in [0, 0.05) is 24.3 Å². The number of carbonyl (C=O) groups is 2. The first-order chi connectivity index (χ1) is 9.22. The van der Waals surface area contributed by atoms with Gasteiger partial charge in [-0.1, -0.05) is 6.07 Å². The molecule has 3 rings (SSSR count). The lowest BCUT2D eigenvalue weighted by Crippen LogP contribution is -2.48. The van der Waals surface area contributed by atoms with Gasteiger partial charge in [0.1, 0.15) is 0 Å². The van der Waals surface area contributed by atoms with E-state index in [1.165, 1.54) is 0 Å². The fraction of sp³-hybridized carbons (Fsp3) is 0.385. The number of rotatable bonds is 2. The fourth-order valence-corrected chi connectivity index (χ4v) is 2.24. The van der Waals surface area contributed by atoms with Gasteiger partial charge < -0.3 is 10.1 Å². The minimum atomic E-state index is -0.161. The molecule has 2 aliphatic heterocycles. The number of amides is 2. The second kappa shape index (κ2) is 4.99. The lowest BCUT2D eigenvalue weighted by atomic mass is 10.1. The van der Waals surface area contributed by atoms with Gasteiger partial charge in [0.25, 0.3) is 5.91 Å². The summed E-state index contributed by atoms with van der Waals surface area (Å²) in [6.07, 6.45) is 0.390. The SMILES string of the molecule is O=C1Cc2ccc(C(=O)NN3CCOCC3)cc2N1. The molecule has 1 aromatic rings. The maximum Gasteiger partial charge on any atom is 0.265 e. The highest BCUT2D eigenvalue weighted by Gasteiger charge is 2.20. The van der Waals surface area contributed by atoms with Gasteiger partial charge in [0.2, 0.25) is 5.91 Å². The predicted molar refractivity (Wildman–Crippen MR) is 68.6 cm³/mol. The Balaban J connectivity index is 1.70. The first-order valence-electron chi connectivity index (χ1n) is 6.29. The van der Waals surface area contributed by atoms with E-state index in [0.717, 1.165) is 11.3 Å². The zero-order valence-corrected chi connectivity index (χ0v) is 10.4. The first kappa shape index (κ1) is 12.1. The number of nitrogens with zero attached hydrogens (tertiary/aromatic N) is 1. The molecule has 2 amide bonds. The number of hydrazine groups is 1. The number of anilines is 1. The molecule has 0 unspecified atom stereocenters. The van der Waals surface area contributed by atoms with E-state index in [4.69, 9.17) is 4.74 Å². The zero-order chi connectivity index (χ0) is 13.2. The molecule has 6 nitrogen and oxygen atoms in total. The van der Waals surface area contributed by atoms with Crippen molar-refractivity contribution in [1.82, 2.24) is 10.4 Å². The Hall–Kier alpha value is -1.92. The van der Waals surface area contributed by atoms with Crippen molar-refractivity contribution in [3.05, 3.63) is 29.3 Å². The maximum atomic E-state index is 12.1. The number of nitrogens with one attached hydrogen (secondary N) is 2. The first-order valence-corrected chi connectivity index (χ1v) is 6.29. The highest BCUT2D eigenvalue weighted by atomic mass is 16.5. The molecule has 1 aromatic carbocycles. The third kappa shape index (κ3) is 2.59. The Morgan fingerprint density at radius 1 is 1.32 bits per heavy atom. The normalized spacial score (nSPS) is 18.8. The predicted octanol–water partition coefficient (Wildman–Crippen LogP) is 0.158. The van der Waals surface area contributed by atoms with Crippen LogP contribution in [-0.4, -0.2) is 43.1 Å². The molecule has 2 aliphatic rings. The number of hydrogen-bond acceptors (Lipinski definition) is 4. The molecule has 0 spiro atoms. The minimum Gasteiger partial charge on any atom is -0.379 e. The van der Waals surface area contributed by atoms with E-state index >= 15 is 0 Å². The summed E-state index contributed by atoms with van der Waals surface area (Å²) in [6.45, 7) is 2.63. The fourth-order valence-electron chi connectivity index (χ4n) is 2.24. The quantitative estimate of drug-likeness (QED) is 0.795. The van der Waals surface area contributed by atoms with E-state index in [1.807, 2.05) is 11.1 Å². The van der Waals surface area contributed by atoms with E-state index in [2.05, 4.69) is 10.7 Å². The standard InChI is InChI=1S/C13H15N3O3/c17-12-8-9-1-2-10(7-11(9)14-12)13(18)15-16-3-5-19-6-4-16/h1-2,7H,3-6,8H2,(H,14,17)(H,15,18). The van der Waals surface area contributed by atoms with E-state index in [9.17, 15) is 9.59 Å². The second-order valence-electron chi connectivity index (χ2n) is 4.64. The third-order valence-corrected chi connectivity index (χ3v) is 3.27. The second-order valence-corrected chi connectivity index (χ2v) is 4.64. The van der Waals surface area contributed by atoms with Crippen LogP contribution in [0.5, 0.6) is 0 Å². The third-order valence-electron chi connectivity index (χ3n) is 3.27. The molecule has 100 valence electrons. The number of hydrogen-bond donors (Lipinski definition) is 2. The van der Waals surface area contributed by atoms with Gasteiger partial charge in [-0.2, -0.15) is 0 Å². The van der Waals surface area contributed by atoms with Crippen molar-refractivity contribution in [2.45, 2.75) is 6.42 Å². The maximum absolute atomic E-state index is 12.1. The van der Waals surface area contributed by atoms with Crippen LogP contribution in [0.4, 0.5) is 5.69 Å². The lowest BCUT2D eigenvalue weighted by molar-refractivity contribution is -0.115. The van der Waals surface area contributed by atoms with Crippen molar-refractivity contribution in [1.29, 1.82) is 0 Å². The number of fused-ring (bicyclic) bond motifs is 1. The Bertz CT molecular complexity index is 524. The molecule has 0 bridgehead atoms. The largest absolute Gasteiger partial charge is 0.379 e. The number of morpholine rings is 1. The Morgan fingerprint density at radius 2 is 2.11 bits per heavy atom. The van der Waals surface area contributed by atoms with Crippen LogP contribution in [0.3, 0.4) is 0 Å². The molecule has 0 saturated carbocycles. The van der Waals surface area contributed by atoms with E-state index in [1.54, 1.807) is 12.1 Å². The van der Waals surface area contributed by atoms with Crippen molar-refractivity contribution in [2.24, 2.45) is 0 Å². The molecule has 6 heteroatoms. The van der Waals surface area contributed by atoms with Crippen molar-refractivity contribution < 1.29 is 14.3 Å². The molecular formula is C13H15N3O3. The van der Waals surface area contributed by atoms with Crippen molar-refractivity contribution in [2.75, 3.05) is 31.6 Å².